The largest absolute Gasteiger partial charge is 0.497 e. The van der Waals surface area contributed by atoms with Gasteiger partial charge in [-0.3, -0.25) is 9.59 Å². The summed E-state index contributed by atoms with van der Waals surface area (Å²) >= 11 is 5.06. The highest BCUT2D eigenvalue weighted by Crippen LogP contribution is 2.21. The second-order valence-electron chi connectivity index (χ2n) is 8.09. The first-order valence-electron chi connectivity index (χ1n) is 11.6. The molecule has 5 nitrogen and oxygen atoms in total. The van der Waals surface area contributed by atoms with Crippen molar-refractivity contribution in [1.82, 2.24) is 10.2 Å². The van der Waals surface area contributed by atoms with Gasteiger partial charge in [-0.2, -0.15) is 0 Å². The van der Waals surface area contributed by atoms with Crippen molar-refractivity contribution in [3.63, 3.8) is 0 Å². The minimum atomic E-state index is -0.606. The van der Waals surface area contributed by atoms with Crippen LogP contribution >= 0.6 is 27.7 Å². The van der Waals surface area contributed by atoms with Gasteiger partial charge in [0.05, 0.1) is 12.9 Å². The van der Waals surface area contributed by atoms with Crippen LogP contribution in [0, 0.1) is 0 Å². The predicted molar refractivity (Wildman–Crippen MR) is 146 cm³/mol. The maximum absolute atomic E-state index is 13.6. The van der Waals surface area contributed by atoms with E-state index >= 15 is 0 Å². The van der Waals surface area contributed by atoms with Crippen LogP contribution in [0.4, 0.5) is 0 Å². The van der Waals surface area contributed by atoms with Crippen LogP contribution < -0.4 is 10.1 Å². The fourth-order valence-corrected chi connectivity index (χ4v) is 5.06. The highest BCUT2D eigenvalue weighted by atomic mass is 79.9. The van der Waals surface area contributed by atoms with Gasteiger partial charge in [-0.15, -0.1) is 11.8 Å². The van der Waals surface area contributed by atoms with Crippen molar-refractivity contribution in [1.29, 1.82) is 0 Å². The molecule has 3 rings (SSSR count). The number of hydrogen-bond acceptors (Lipinski definition) is 4. The van der Waals surface area contributed by atoms with Crippen molar-refractivity contribution in [3.05, 3.63) is 100 Å². The van der Waals surface area contributed by atoms with E-state index in [0.29, 0.717) is 25.3 Å². The molecule has 0 heterocycles. The molecule has 184 valence electrons. The van der Waals surface area contributed by atoms with Crippen molar-refractivity contribution in [2.75, 3.05) is 19.4 Å². The number of amides is 2. The Morgan fingerprint density at radius 2 is 1.69 bits per heavy atom. The average molecular weight is 556 g/mol. The van der Waals surface area contributed by atoms with Crippen LogP contribution in [0.2, 0.25) is 0 Å². The number of likely N-dealkylation sites (N-methyl/N-ethyl adjacent to an activating group) is 1. The van der Waals surface area contributed by atoms with Gasteiger partial charge < -0.3 is 15.0 Å². The zero-order valence-corrected chi connectivity index (χ0v) is 22.5. The molecule has 0 aliphatic carbocycles. The zero-order chi connectivity index (χ0) is 25.0. The van der Waals surface area contributed by atoms with E-state index in [2.05, 4.69) is 21.2 Å². The summed E-state index contributed by atoms with van der Waals surface area (Å²) in [6.45, 7) is 2.76. The highest BCUT2D eigenvalue weighted by molar-refractivity contribution is 9.10. The third-order valence-corrected chi connectivity index (χ3v) is 7.00. The standard InChI is InChI=1S/C28H31BrN2O3S/c1-3-30-28(33)26(17-21-8-5-4-6-9-21)31(18-23-10-7-11-24(29)16-23)27(32)20-35-19-22-12-14-25(34-2)15-13-22/h4-16,26H,3,17-20H2,1-2H3,(H,30,33). The number of rotatable bonds is 12. The summed E-state index contributed by atoms with van der Waals surface area (Å²) in [6, 6.07) is 24.9. The summed E-state index contributed by atoms with van der Waals surface area (Å²) in [7, 11) is 1.64. The Hall–Kier alpha value is -2.77. The molecule has 1 atom stereocenters. The molecule has 1 unspecified atom stereocenters. The molecule has 3 aromatic rings. The third-order valence-electron chi connectivity index (χ3n) is 5.52. The lowest BCUT2D eigenvalue weighted by atomic mass is 10.0. The second kappa shape index (κ2) is 14.0. The Morgan fingerprint density at radius 1 is 0.971 bits per heavy atom. The number of ether oxygens (including phenoxy) is 1. The first kappa shape index (κ1) is 26.8. The number of hydrogen-bond donors (Lipinski definition) is 1. The van der Waals surface area contributed by atoms with Crippen LogP contribution in [0.5, 0.6) is 5.75 Å². The first-order valence-corrected chi connectivity index (χ1v) is 13.5. The van der Waals surface area contributed by atoms with Gasteiger partial charge >= 0.3 is 0 Å². The van der Waals surface area contributed by atoms with Crippen LogP contribution in [-0.4, -0.2) is 42.2 Å². The minimum Gasteiger partial charge on any atom is -0.497 e. The van der Waals surface area contributed by atoms with E-state index in [1.54, 1.807) is 23.8 Å². The predicted octanol–water partition coefficient (Wildman–Crippen LogP) is 5.47. The van der Waals surface area contributed by atoms with E-state index < -0.39 is 6.04 Å². The van der Waals surface area contributed by atoms with Crippen LogP contribution in [0.1, 0.15) is 23.6 Å². The third kappa shape index (κ3) is 8.44. The molecular formula is C28H31BrN2O3S. The van der Waals surface area contributed by atoms with Crippen LogP contribution in [0.15, 0.2) is 83.3 Å². The number of carbonyl (C=O) groups excluding carboxylic acids is 2. The summed E-state index contributed by atoms with van der Waals surface area (Å²) in [5.74, 6) is 1.59. The summed E-state index contributed by atoms with van der Waals surface area (Å²) < 4.78 is 6.16. The van der Waals surface area contributed by atoms with Gasteiger partial charge in [-0.1, -0.05) is 70.5 Å². The van der Waals surface area contributed by atoms with Crippen LogP contribution in [0.3, 0.4) is 0 Å². The lowest BCUT2D eigenvalue weighted by Gasteiger charge is -2.31. The second-order valence-corrected chi connectivity index (χ2v) is 9.99. The van der Waals surface area contributed by atoms with E-state index in [0.717, 1.165) is 26.9 Å². The number of nitrogens with one attached hydrogen (secondary N) is 1. The highest BCUT2D eigenvalue weighted by Gasteiger charge is 2.30. The van der Waals surface area contributed by atoms with Crippen LogP contribution in [-0.2, 0) is 28.3 Å². The van der Waals surface area contributed by atoms with Gasteiger partial charge in [0.2, 0.25) is 11.8 Å². The number of nitrogens with zero attached hydrogens (tertiary/aromatic N) is 1. The summed E-state index contributed by atoms with van der Waals surface area (Å²) in [4.78, 5) is 28.5. The molecule has 7 heteroatoms. The lowest BCUT2D eigenvalue weighted by molar-refractivity contribution is -0.139. The summed E-state index contributed by atoms with van der Waals surface area (Å²) in [5, 5.41) is 2.93. The molecule has 0 radical (unpaired) electrons. The van der Waals surface area contributed by atoms with Crippen molar-refractivity contribution in [3.8, 4) is 5.75 Å². The maximum atomic E-state index is 13.6. The Morgan fingerprint density at radius 3 is 2.34 bits per heavy atom. The molecule has 0 fully saturated rings. The summed E-state index contributed by atoms with van der Waals surface area (Å²) in [5.41, 5.74) is 3.10. The number of carbonyl (C=O) groups is 2. The number of methoxy groups -OCH3 is 1. The van der Waals surface area contributed by atoms with Gasteiger partial charge in [0.25, 0.3) is 0 Å². The van der Waals surface area contributed by atoms with Gasteiger partial charge in [0, 0.05) is 29.7 Å². The number of thioether (sulfide) groups is 1. The normalized spacial score (nSPS) is 11.5. The lowest BCUT2D eigenvalue weighted by Crippen LogP contribution is -2.51. The molecule has 0 aromatic heterocycles. The average Bonchev–Trinajstić information content (AvgIpc) is 2.87. The molecule has 2 amide bonds. The van der Waals surface area contributed by atoms with Crippen molar-refractivity contribution < 1.29 is 14.3 Å². The van der Waals surface area contributed by atoms with Gasteiger partial charge in [-0.25, -0.2) is 0 Å². The topological polar surface area (TPSA) is 58.6 Å². The maximum Gasteiger partial charge on any atom is 0.243 e. The van der Waals surface area contributed by atoms with Crippen LogP contribution in [0.25, 0.3) is 0 Å². The molecule has 3 aromatic carbocycles. The van der Waals surface area contributed by atoms with E-state index in [1.807, 2.05) is 85.8 Å². The fourth-order valence-electron chi connectivity index (χ4n) is 3.74. The molecule has 35 heavy (non-hydrogen) atoms. The fraction of sp³-hybridized carbons (Fsp3) is 0.286. The zero-order valence-electron chi connectivity index (χ0n) is 20.1. The quantitative estimate of drug-likeness (QED) is 0.322. The molecule has 0 spiro atoms. The monoisotopic (exact) mass is 554 g/mol. The van der Waals surface area contributed by atoms with E-state index in [4.69, 9.17) is 4.74 Å². The van der Waals surface area contributed by atoms with E-state index in [9.17, 15) is 9.59 Å². The SMILES string of the molecule is CCNC(=O)C(Cc1ccccc1)N(Cc1cccc(Br)c1)C(=O)CSCc1ccc(OC)cc1. The summed E-state index contributed by atoms with van der Waals surface area (Å²) in [6.07, 6.45) is 0.454. The molecule has 0 saturated heterocycles. The van der Waals surface area contributed by atoms with Crippen molar-refractivity contribution in [2.24, 2.45) is 0 Å². The Balaban J connectivity index is 1.80. The Labute approximate surface area is 220 Å². The smallest absolute Gasteiger partial charge is 0.243 e. The minimum absolute atomic E-state index is 0.0596. The Kier molecular flexibility index (Phi) is 10.7. The van der Waals surface area contributed by atoms with E-state index in [-0.39, 0.29) is 17.6 Å². The molecular weight excluding hydrogens is 524 g/mol. The van der Waals surface area contributed by atoms with E-state index in [1.165, 1.54) is 0 Å². The van der Waals surface area contributed by atoms with Crippen molar-refractivity contribution in [2.45, 2.75) is 31.7 Å². The van der Waals surface area contributed by atoms with Crippen molar-refractivity contribution >= 4 is 39.5 Å². The molecule has 0 bridgehead atoms. The molecule has 0 aliphatic heterocycles. The molecule has 0 aliphatic rings. The Bertz CT molecular complexity index is 1090. The molecule has 1 N–H and O–H groups in total. The van der Waals surface area contributed by atoms with Gasteiger partial charge in [0.15, 0.2) is 0 Å². The molecule has 0 saturated carbocycles. The van der Waals surface area contributed by atoms with Gasteiger partial charge in [0.1, 0.15) is 11.8 Å². The first-order chi connectivity index (χ1) is 17.0. The number of halogens is 1. The number of benzene rings is 3. The van der Waals surface area contributed by atoms with Gasteiger partial charge in [-0.05, 0) is 47.9 Å².